The van der Waals surface area contributed by atoms with Gasteiger partial charge in [-0.05, 0) is 26.2 Å². The van der Waals surface area contributed by atoms with Crippen molar-refractivity contribution in [2.75, 3.05) is 26.9 Å². The Morgan fingerprint density at radius 3 is 2.79 bits per heavy atom. The molecule has 0 radical (unpaired) electrons. The molecule has 0 aromatic carbocycles. The number of aryl methyl sites for hydroxylation is 1. The number of hydrogen-bond acceptors (Lipinski definition) is 5. The van der Waals surface area contributed by atoms with E-state index in [-0.39, 0.29) is 6.04 Å². The van der Waals surface area contributed by atoms with Gasteiger partial charge >= 0.3 is 0 Å². The van der Waals surface area contributed by atoms with Crippen LogP contribution in [0.15, 0.2) is 0 Å². The SMILES string of the molecule is COc1nc(C2CC2)nc(C)c1C1CCOCCN1. The zero-order chi connectivity index (χ0) is 13.2. The van der Waals surface area contributed by atoms with Gasteiger partial charge in [-0.15, -0.1) is 0 Å². The molecule has 2 heterocycles. The van der Waals surface area contributed by atoms with Crippen LogP contribution < -0.4 is 10.1 Å². The third-order valence-corrected chi connectivity index (χ3v) is 3.79. The summed E-state index contributed by atoms with van der Waals surface area (Å²) >= 11 is 0. The maximum Gasteiger partial charge on any atom is 0.221 e. The first-order valence-electron chi connectivity index (χ1n) is 7.03. The van der Waals surface area contributed by atoms with Crippen LogP contribution in [0.5, 0.6) is 5.88 Å². The van der Waals surface area contributed by atoms with Crippen molar-refractivity contribution in [2.45, 2.75) is 38.1 Å². The molecule has 5 nitrogen and oxygen atoms in total. The summed E-state index contributed by atoms with van der Waals surface area (Å²) in [6.45, 7) is 4.44. The smallest absolute Gasteiger partial charge is 0.221 e. The van der Waals surface area contributed by atoms with Crippen LogP contribution in [0.25, 0.3) is 0 Å². The van der Waals surface area contributed by atoms with E-state index in [2.05, 4.69) is 22.2 Å². The third-order valence-electron chi connectivity index (χ3n) is 3.79. The molecule has 1 atom stereocenters. The zero-order valence-corrected chi connectivity index (χ0v) is 11.6. The molecule has 104 valence electrons. The van der Waals surface area contributed by atoms with E-state index >= 15 is 0 Å². The summed E-state index contributed by atoms with van der Waals surface area (Å²) in [5.74, 6) is 2.23. The van der Waals surface area contributed by atoms with Crippen LogP contribution in [-0.4, -0.2) is 36.8 Å². The van der Waals surface area contributed by atoms with Crippen LogP contribution in [0.1, 0.15) is 48.3 Å². The molecule has 1 saturated heterocycles. The fourth-order valence-corrected chi connectivity index (χ4v) is 2.61. The van der Waals surface area contributed by atoms with Crippen LogP contribution in [0.4, 0.5) is 0 Å². The average Bonchev–Trinajstić information content (AvgIpc) is 3.24. The molecule has 1 unspecified atom stereocenters. The van der Waals surface area contributed by atoms with Gasteiger partial charge in [-0.1, -0.05) is 0 Å². The highest BCUT2D eigenvalue weighted by atomic mass is 16.5. The Kier molecular flexibility index (Phi) is 3.66. The Morgan fingerprint density at radius 1 is 1.21 bits per heavy atom. The molecule has 1 aliphatic carbocycles. The van der Waals surface area contributed by atoms with Crippen molar-refractivity contribution in [2.24, 2.45) is 0 Å². The molecule has 0 amide bonds. The number of ether oxygens (including phenoxy) is 2. The first-order valence-corrected chi connectivity index (χ1v) is 7.03. The van der Waals surface area contributed by atoms with Crippen molar-refractivity contribution in [3.63, 3.8) is 0 Å². The minimum Gasteiger partial charge on any atom is -0.481 e. The Morgan fingerprint density at radius 2 is 2.05 bits per heavy atom. The van der Waals surface area contributed by atoms with Crippen molar-refractivity contribution in [1.82, 2.24) is 15.3 Å². The summed E-state index contributed by atoms with van der Waals surface area (Å²) in [4.78, 5) is 9.28. The molecule has 1 aromatic heterocycles. The molecule has 5 heteroatoms. The Labute approximate surface area is 113 Å². The third kappa shape index (κ3) is 2.72. The highest BCUT2D eigenvalue weighted by Crippen LogP contribution is 2.40. The number of rotatable bonds is 3. The standard InChI is InChI=1S/C14H21N3O2/c1-9-12(11-5-7-19-8-6-15-11)14(18-2)17-13(16-9)10-3-4-10/h10-11,15H,3-8H2,1-2H3. The van der Waals surface area contributed by atoms with E-state index in [1.807, 2.05) is 0 Å². The van der Waals surface area contributed by atoms with Crippen LogP contribution in [-0.2, 0) is 4.74 Å². The summed E-state index contributed by atoms with van der Waals surface area (Å²) in [7, 11) is 1.69. The molecule has 0 bridgehead atoms. The predicted octanol–water partition coefficient (Wildman–Crippen LogP) is 1.72. The van der Waals surface area contributed by atoms with Crippen LogP contribution >= 0.6 is 0 Å². The number of hydrogen-bond donors (Lipinski definition) is 1. The van der Waals surface area contributed by atoms with Crippen molar-refractivity contribution in [1.29, 1.82) is 0 Å². The average molecular weight is 263 g/mol. The first-order chi connectivity index (χ1) is 9.29. The van der Waals surface area contributed by atoms with Gasteiger partial charge in [-0.25, -0.2) is 4.98 Å². The molecule has 2 aliphatic rings. The number of nitrogens with zero attached hydrogens (tertiary/aromatic N) is 2. The van der Waals surface area contributed by atoms with Gasteiger partial charge in [0.25, 0.3) is 0 Å². The van der Waals surface area contributed by atoms with E-state index in [1.54, 1.807) is 7.11 Å². The topological polar surface area (TPSA) is 56.3 Å². The molecule has 19 heavy (non-hydrogen) atoms. The largest absolute Gasteiger partial charge is 0.481 e. The van der Waals surface area contributed by atoms with Crippen molar-refractivity contribution in [3.05, 3.63) is 17.1 Å². The maximum atomic E-state index is 5.51. The molecule has 1 aliphatic heterocycles. The van der Waals surface area contributed by atoms with Gasteiger partial charge < -0.3 is 14.8 Å². The fourth-order valence-electron chi connectivity index (χ4n) is 2.61. The van der Waals surface area contributed by atoms with Crippen molar-refractivity contribution < 1.29 is 9.47 Å². The lowest BCUT2D eigenvalue weighted by Crippen LogP contribution is -2.24. The lowest BCUT2D eigenvalue weighted by Gasteiger charge is -2.20. The summed E-state index contributed by atoms with van der Waals surface area (Å²) in [6.07, 6.45) is 3.35. The summed E-state index contributed by atoms with van der Waals surface area (Å²) in [5, 5.41) is 3.49. The van der Waals surface area contributed by atoms with Gasteiger partial charge in [0.2, 0.25) is 5.88 Å². The Balaban J connectivity index is 1.93. The van der Waals surface area contributed by atoms with E-state index in [1.165, 1.54) is 12.8 Å². The second-order valence-corrected chi connectivity index (χ2v) is 5.27. The quantitative estimate of drug-likeness (QED) is 0.900. The first kappa shape index (κ1) is 12.8. The van der Waals surface area contributed by atoms with E-state index < -0.39 is 0 Å². The van der Waals surface area contributed by atoms with Gasteiger partial charge in [0.1, 0.15) is 5.82 Å². The van der Waals surface area contributed by atoms with Gasteiger partial charge in [0, 0.05) is 30.8 Å². The molecular formula is C14H21N3O2. The summed E-state index contributed by atoms with van der Waals surface area (Å²) < 4.78 is 11.0. The van der Waals surface area contributed by atoms with Gasteiger partial charge in [-0.3, -0.25) is 0 Å². The highest BCUT2D eigenvalue weighted by molar-refractivity contribution is 5.35. The molecule has 1 aromatic rings. The normalized spacial score (nSPS) is 24.0. The number of methoxy groups -OCH3 is 1. The zero-order valence-electron chi connectivity index (χ0n) is 11.6. The van der Waals surface area contributed by atoms with Crippen molar-refractivity contribution >= 4 is 0 Å². The van der Waals surface area contributed by atoms with Gasteiger partial charge in [0.05, 0.1) is 19.3 Å². The summed E-state index contributed by atoms with van der Waals surface area (Å²) in [5.41, 5.74) is 2.13. The van der Waals surface area contributed by atoms with Gasteiger partial charge in [-0.2, -0.15) is 4.98 Å². The summed E-state index contributed by atoms with van der Waals surface area (Å²) in [6, 6.07) is 0.228. The second kappa shape index (κ2) is 5.43. The Bertz CT molecular complexity index is 452. The maximum absolute atomic E-state index is 5.51. The lowest BCUT2D eigenvalue weighted by molar-refractivity contribution is 0.149. The van der Waals surface area contributed by atoms with Crippen LogP contribution in [0, 0.1) is 6.92 Å². The highest BCUT2D eigenvalue weighted by Gasteiger charge is 2.30. The molecular weight excluding hydrogens is 242 g/mol. The molecule has 1 saturated carbocycles. The minimum absolute atomic E-state index is 0.228. The molecule has 0 spiro atoms. The minimum atomic E-state index is 0.228. The Hall–Kier alpha value is -1.20. The molecule has 3 rings (SSSR count). The molecule has 2 fully saturated rings. The number of nitrogens with one attached hydrogen (secondary N) is 1. The number of aromatic nitrogens is 2. The fraction of sp³-hybridized carbons (Fsp3) is 0.714. The monoisotopic (exact) mass is 263 g/mol. The van der Waals surface area contributed by atoms with E-state index in [9.17, 15) is 0 Å². The lowest BCUT2D eigenvalue weighted by atomic mass is 10.0. The van der Waals surface area contributed by atoms with E-state index in [0.717, 1.165) is 49.1 Å². The van der Waals surface area contributed by atoms with E-state index in [4.69, 9.17) is 9.47 Å². The van der Waals surface area contributed by atoms with Gasteiger partial charge in [0.15, 0.2) is 0 Å². The molecule has 1 N–H and O–H groups in total. The second-order valence-electron chi connectivity index (χ2n) is 5.27. The van der Waals surface area contributed by atoms with Crippen LogP contribution in [0.2, 0.25) is 0 Å². The van der Waals surface area contributed by atoms with Crippen molar-refractivity contribution in [3.8, 4) is 5.88 Å². The van der Waals surface area contributed by atoms with Crippen LogP contribution in [0.3, 0.4) is 0 Å². The van der Waals surface area contributed by atoms with E-state index in [0.29, 0.717) is 5.92 Å². The predicted molar refractivity (Wildman–Crippen MR) is 71.5 cm³/mol.